The summed E-state index contributed by atoms with van der Waals surface area (Å²) in [5.74, 6) is 0.557. The Kier molecular flexibility index (Phi) is 5.38. The number of nitrogens with zero attached hydrogens (tertiary/aromatic N) is 2. The smallest absolute Gasteiger partial charge is 0.287 e. The highest BCUT2D eigenvalue weighted by Crippen LogP contribution is 2.18. The van der Waals surface area contributed by atoms with E-state index in [0.29, 0.717) is 12.3 Å². The van der Waals surface area contributed by atoms with Gasteiger partial charge in [0, 0.05) is 23.5 Å². The first-order chi connectivity index (χ1) is 14.2. The van der Waals surface area contributed by atoms with Crippen LogP contribution < -0.4 is 10.2 Å². The molecule has 0 aliphatic carbocycles. The first-order valence-corrected chi connectivity index (χ1v) is 9.36. The maximum atomic E-state index is 12.6. The molecule has 5 heteroatoms. The van der Waals surface area contributed by atoms with Gasteiger partial charge in [0.05, 0.1) is 6.21 Å². The molecule has 3 aromatic carbocycles. The van der Waals surface area contributed by atoms with E-state index in [9.17, 15) is 4.79 Å². The Bertz CT molecular complexity index is 1160. The summed E-state index contributed by atoms with van der Waals surface area (Å²) in [6.45, 7) is 0.420. The van der Waals surface area contributed by atoms with Gasteiger partial charge in [0.1, 0.15) is 18.1 Å². The molecule has 1 amide bonds. The Morgan fingerprint density at radius 2 is 1.72 bits per heavy atom. The third-order valence-electron chi connectivity index (χ3n) is 4.75. The number of carbonyl (C=O) groups is 1. The van der Waals surface area contributed by atoms with E-state index in [-0.39, 0.29) is 5.91 Å². The van der Waals surface area contributed by atoms with Gasteiger partial charge in [-0.05, 0) is 29.8 Å². The summed E-state index contributed by atoms with van der Waals surface area (Å²) in [5.41, 5.74) is 6.06. The van der Waals surface area contributed by atoms with Crippen LogP contribution in [0.3, 0.4) is 0 Å². The lowest BCUT2D eigenvalue weighted by Gasteiger charge is -2.08. The number of amides is 1. The molecule has 0 atom stereocenters. The number of hydrogen-bond acceptors (Lipinski definition) is 3. The van der Waals surface area contributed by atoms with Gasteiger partial charge < -0.3 is 9.30 Å². The predicted octanol–water partition coefficient (Wildman–Crippen LogP) is 4.52. The quantitative estimate of drug-likeness (QED) is 0.393. The van der Waals surface area contributed by atoms with Crippen LogP contribution in [-0.2, 0) is 13.7 Å². The van der Waals surface area contributed by atoms with Crippen LogP contribution in [0.25, 0.3) is 10.9 Å². The number of para-hydroxylation sites is 2. The second-order valence-corrected chi connectivity index (χ2v) is 6.65. The maximum absolute atomic E-state index is 12.6. The van der Waals surface area contributed by atoms with Crippen LogP contribution in [0.1, 0.15) is 21.6 Å². The van der Waals surface area contributed by atoms with Gasteiger partial charge in [0.15, 0.2) is 0 Å². The van der Waals surface area contributed by atoms with Gasteiger partial charge in [-0.1, -0.05) is 60.7 Å². The molecule has 5 nitrogen and oxygen atoms in total. The normalized spacial score (nSPS) is 11.1. The predicted molar refractivity (Wildman–Crippen MR) is 115 cm³/mol. The summed E-state index contributed by atoms with van der Waals surface area (Å²) in [4.78, 5) is 12.6. The van der Waals surface area contributed by atoms with Crippen molar-refractivity contribution in [2.24, 2.45) is 12.1 Å². The second-order valence-electron chi connectivity index (χ2n) is 6.65. The number of rotatable bonds is 6. The van der Waals surface area contributed by atoms with E-state index < -0.39 is 0 Å². The summed E-state index contributed by atoms with van der Waals surface area (Å²) in [6.07, 6.45) is 1.64. The first-order valence-electron chi connectivity index (χ1n) is 9.36. The van der Waals surface area contributed by atoms with Crippen LogP contribution in [0.15, 0.2) is 90.0 Å². The van der Waals surface area contributed by atoms with Crippen LogP contribution in [0, 0.1) is 0 Å². The highest BCUT2D eigenvalue weighted by atomic mass is 16.5. The van der Waals surface area contributed by atoms with Gasteiger partial charge in [-0.25, -0.2) is 5.43 Å². The molecule has 0 aliphatic rings. The SMILES string of the molecule is Cn1c(C(=O)N/N=C/c2ccccc2COc2ccccc2)cc2ccccc21. The molecule has 4 rings (SSSR count). The lowest BCUT2D eigenvalue weighted by molar-refractivity contribution is 0.0947. The zero-order chi connectivity index (χ0) is 20.1. The summed E-state index contributed by atoms with van der Waals surface area (Å²) < 4.78 is 7.69. The summed E-state index contributed by atoms with van der Waals surface area (Å²) in [7, 11) is 1.87. The van der Waals surface area contributed by atoms with Crippen molar-refractivity contribution in [2.75, 3.05) is 0 Å². The molecule has 0 radical (unpaired) electrons. The number of hydrogen-bond donors (Lipinski definition) is 1. The number of carbonyl (C=O) groups excluding carboxylic acids is 1. The van der Waals surface area contributed by atoms with Gasteiger partial charge in [-0.3, -0.25) is 4.79 Å². The van der Waals surface area contributed by atoms with Crippen LogP contribution in [-0.4, -0.2) is 16.7 Å². The fourth-order valence-corrected chi connectivity index (χ4v) is 3.19. The van der Waals surface area contributed by atoms with Crippen molar-refractivity contribution >= 4 is 23.0 Å². The maximum Gasteiger partial charge on any atom is 0.287 e. The zero-order valence-corrected chi connectivity index (χ0v) is 16.1. The number of ether oxygens (including phenoxy) is 1. The summed E-state index contributed by atoms with van der Waals surface area (Å²) in [6, 6.07) is 27.2. The lowest BCUT2D eigenvalue weighted by Crippen LogP contribution is -2.20. The average molecular weight is 383 g/mol. The minimum Gasteiger partial charge on any atom is -0.489 e. The Morgan fingerprint density at radius 3 is 2.55 bits per heavy atom. The van der Waals surface area contributed by atoms with Gasteiger partial charge in [0.2, 0.25) is 0 Å². The van der Waals surface area contributed by atoms with Crippen molar-refractivity contribution in [1.29, 1.82) is 0 Å². The van der Waals surface area contributed by atoms with Crippen LogP contribution in [0.5, 0.6) is 5.75 Å². The molecule has 0 spiro atoms. The second kappa shape index (κ2) is 8.44. The molecule has 1 aromatic heterocycles. The number of benzene rings is 3. The van der Waals surface area contributed by atoms with E-state index in [0.717, 1.165) is 27.8 Å². The summed E-state index contributed by atoms with van der Waals surface area (Å²) in [5, 5.41) is 5.17. The van der Waals surface area contributed by atoms with Crippen molar-refractivity contribution in [3.8, 4) is 5.75 Å². The molecule has 4 aromatic rings. The molecule has 1 heterocycles. The van der Waals surface area contributed by atoms with Crippen LogP contribution in [0.2, 0.25) is 0 Å². The molecule has 1 N–H and O–H groups in total. The van der Waals surface area contributed by atoms with Crippen LogP contribution >= 0.6 is 0 Å². The van der Waals surface area contributed by atoms with Crippen LogP contribution in [0.4, 0.5) is 0 Å². The van der Waals surface area contributed by atoms with Gasteiger partial charge in [-0.2, -0.15) is 5.10 Å². The molecule has 0 fully saturated rings. The monoisotopic (exact) mass is 383 g/mol. The third-order valence-corrected chi connectivity index (χ3v) is 4.75. The van der Waals surface area contributed by atoms with E-state index in [1.165, 1.54) is 0 Å². The number of aryl methyl sites for hydroxylation is 1. The minimum atomic E-state index is -0.252. The molecular weight excluding hydrogens is 362 g/mol. The molecule has 0 saturated carbocycles. The topological polar surface area (TPSA) is 55.6 Å². The molecule has 144 valence electrons. The van der Waals surface area contributed by atoms with E-state index in [4.69, 9.17) is 4.74 Å². The Labute approximate surface area is 169 Å². The molecule has 0 aliphatic heterocycles. The van der Waals surface area contributed by atoms with Crippen molar-refractivity contribution in [1.82, 2.24) is 9.99 Å². The fraction of sp³-hybridized carbons (Fsp3) is 0.0833. The average Bonchev–Trinajstić information content (AvgIpc) is 3.10. The Balaban J connectivity index is 1.45. The zero-order valence-electron chi connectivity index (χ0n) is 16.1. The first kappa shape index (κ1) is 18.5. The lowest BCUT2D eigenvalue weighted by atomic mass is 10.1. The van der Waals surface area contributed by atoms with Gasteiger partial charge >= 0.3 is 0 Å². The Hall–Kier alpha value is -3.86. The number of hydrazone groups is 1. The summed E-state index contributed by atoms with van der Waals surface area (Å²) >= 11 is 0. The number of aromatic nitrogens is 1. The van der Waals surface area contributed by atoms with E-state index >= 15 is 0 Å². The molecule has 0 saturated heterocycles. The minimum absolute atomic E-state index is 0.252. The van der Waals surface area contributed by atoms with E-state index in [2.05, 4.69) is 10.5 Å². The van der Waals surface area contributed by atoms with Crippen molar-refractivity contribution < 1.29 is 9.53 Å². The fourth-order valence-electron chi connectivity index (χ4n) is 3.19. The van der Waals surface area contributed by atoms with Crippen molar-refractivity contribution in [3.63, 3.8) is 0 Å². The van der Waals surface area contributed by atoms with Crippen molar-refractivity contribution in [2.45, 2.75) is 6.61 Å². The van der Waals surface area contributed by atoms with Crippen molar-refractivity contribution in [3.05, 3.63) is 102 Å². The molecular formula is C24H21N3O2. The highest BCUT2D eigenvalue weighted by Gasteiger charge is 2.12. The van der Waals surface area contributed by atoms with Gasteiger partial charge in [0.25, 0.3) is 5.91 Å². The van der Waals surface area contributed by atoms with E-state index in [1.807, 2.05) is 96.5 Å². The third kappa shape index (κ3) is 4.19. The standard InChI is InChI=1S/C24H21N3O2/c1-27-22-14-8-7-9-18(22)15-23(27)24(28)26-25-16-19-10-5-6-11-20(19)17-29-21-12-3-2-4-13-21/h2-16H,17H2,1H3,(H,26,28)/b25-16+. The molecule has 0 bridgehead atoms. The molecule has 0 unspecified atom stereocenters. The molecule has 29 heavy (non-hydrogen) atoms. The highest BCUT2D eigenvalue weighted by molar-refractivity contribution is 5.99. The number of nitrogens with one attached hydrogen (secondary N) is 1. The number of fused-ring (bicyclic) bond motifs is 1. The van der Waals surface area contributed by atoms with Gasteiger partial charge in [-0.15, -0.1) is 0 Å². The Morgan fingerprint density at radius 1 is 1.00 bits per heavy atom. The van der Waals surface area contributed by atoms with E-state index in [1.54, 1.807) is 6.21 Å². The largest absolute Gasteiger partial charge is 0.489 e.